The molecule has 0 aromatic heterocycles. The van der Waals surface area contributed by atoms with Gasteiger partial charge in [0.2, 0.25) is 10.0 Å². The number of hydrogen-bond acceptors (Lipinski definition) is 7. The fourth-order valence-electron chi connectivity index (χ4n) is 3.60. The predicted octanol–water partition coefficient (Wildman–Crippen LogP) is 5.49. The van der Waals surface area contributed by atoms with Crippen molar-refractivity contribution >= 4 is 21.7 Å². The van der Waals surface area contributed by atoms with Crippen molar-refractivity contribution in [2.24, 2.45) is 5.92 Å². The molecular weight excluding hydrogens is 508 g/mol. The molecular formula is C28H32N2O7S. The number of benzene rings is 3. The number of nitrogens with one attached hydrogen (secondary N) is 1. The van der Waals surface area contributed by atoms with Crippen molar-refractivity contribution in [2.75, 3.05) is 0 Å². The van der Waals surface area contributed by atoms with Crippen molar-refractivity contribution < 1.29 is 27.6 Å². The van der Waals surface area contributed by atoms with E-state index in [4.69, 9.17) is 9.47 Å². The number of sulfonamides is 1. The number of nitro benzene ring substituents is 1. The third kappa shape index (κ3) is 7.62. The largest absolute Gasteiger partial charge is 0.489 e. The lowest BCUT2D eigenvalue weighted by Gasteiger charge is -2.26. The second-order valence-electron chi connectivity index (χ2n) is 10.1. The van der Waals surface area contributed by atoms with Gasteiger partial charge in [0.15, 0.2) is 0 Å². The van der Waals surface area contributed by atoms with Crippen LogP contribution < -0.4 is 9.46 Å². The van der Waals surface area contributed by atoms with Gasteiger partial charge in [-0.05, 0) is 68.1 Å². The van der Waals surface area contributed by atoms with Crippen LogP contribution in [0, 0.1) is 16.0 Å². The Hall–Kier alpha value is -3.76. The summed E-state index contributed by atoms with van der Waals surface area (Å²) >= 11 is 0. The summed E-state index contributed by atoms with van der Waals surface area (Å²) < 4.78 is 39.5. The fraction of sp³-hybridized carbons (Fsp3) is 0.321. The minimum atomic E-state index is -3.97. The van der Waals surface area contributed by atoms with Crippen molar-refractivity contribution in [1.29, 1.82) is 0 Å². The lowest BCUT2D eigenvalue weighted by atomic mass is 10.1. The van der Waals surface area contributed by atoms with Crippen LogP contribution in [0.5, 0.6) is 5.75 Å². The molecule has 9 nitrogen and oxygen atoms in total. The number of hydrogen-bond donors (Lipinski definition) is 1. The maximum Gasteiger partial charge on any atom is 0.324 e. The van der Waals surface area contributed by atoms with Crippen molar-refractivity contribution in [3.63, 3.8) is 0 Å². The number of ether oxygens (including phenoxy) is 2. The normalized spacial score (nSPS) is 12.7. The standard InChI is InChI=1S/C28H32N2O7S/c1-19(2)26(27(31)37-28(3,4)5)29-38(34,35)24-16-12-21(13-17-24)20-10-14-23(15-11-20)36-18-22-8-6-7-9-25(22)30(32)33/h6-17,19,26,29H,18H2,1-5H3/t26-/m1/s1. The number of nitro groups is 1. The Balaban J connectivity index is 1.69. The van der Waals surface area contributed by atoms with Crippen LogP contribution in [0.2, 0.25) is 0 Å². The molecule has 3 aromatic carbocycles. The molecule has 0 amide bonds. The van der Waals surface area contributed by atoms with Crippen molar-refractivity contribution in [3.8, 4) is 16.9 Å². The molecule has 0 fully saturated rings. The topological polar surface area (TPSA) is 125 Å². The van der Waals surface area contributed by atoms with E-state index in [0.29, 0.717) is 11.3 Å². The number of carbonyl (C=O) groups excluding carboxylic acids is 1. The highest BCUT2D eigenvalue weighted by Gasteiger charge is 2.32. The Labute approximate surface area is 223 Å². The smallest absolute Gasteiger partial charge is 0.324 e. The Morgan fingerprint density at radius 2 is 1.50 bits per heavy atom. The minimum Gasteiger partial charge on any atom is -0.489 e. The zero-order valence-corrected chi connectivity index (χ0v) is 22.8. The average molecular weight is 541 g/mol. The predicted molar refractivity (Wildman–Crippen MR) is 144 cm³/mol. The van der Waals surface area contributed by atoms with Crippen LogP contribution in [0.25, 0.3) is 11.1 Å². The molecule has 0 saturated carbocycles. The molecule has 3 aromatic rings. The summed E-state index contributed by atoms with van der Waals surface area (Å²) in [5, 5.41) is 11.2. The molecule has 38 heavy (non-hydrogen) atoms. The lowest BCUT2D eigenvalue weighted by Crippen LogP contribution is -2.47. The van der Waals surface area contributed by atoms with Gasteiger partial charge in [0.25, 0.3) is 5.69 Å². The summed E-state index contributed by atoms with van der Waals surface area (Å²) in [7, 11) is -3.97. The molecule has 0 aliphatic heterocycles. The zero-order chi connectivity index (χ0) is 28.1. The molecule has 10 heteroatoms. The van der Waals surface area contributed by atoms with E-state index in [1.54, 1.807) is 77.1 Å². The Morgan fingerprint density at radius 1 is 0.947 bits per heavy atom. The molecule has 0 saturated heterocycles. The molecule has 0 radical (unpaired) electrons. The number of carbonyl (C=O) groups is 1. The second-order valence-corrected chi connectivity index (χ2v) is 11.8. The number of rotatable bonds is 10. The quantitative estimate of drug-likeness (QED) is 0.205. The van der Waals surface area contributed by atoms with Crippen molar-refractivity contribution in [2.45, 2.75) is 57.8 Å². The Kier molecular flexibility index (Phi) is 8.90. The lowest BCUT2D eigenvalue weighted by molar-refractivity contribution is -0.385. The van der Waals surface area contributed by atoms with E-state index in [0.717, 1.165) is 11.1 Å². The molecule has 0 bridgehead atoms. The van der Waals surface area contributed by atoms with E-state index in [9.17, 15) is 23.3 Å². The summed E-state index contributed by atoms with van der Waals surface area (Å²) in [5.74, 6) is -0.401. The first-order chi connectivity index (χ1) is 17.8. The van der Waals surface area contributed by atoms with Crippen molar-refractivity contribution in [3.05, 3.63) is 88.5 Å². The van der Waals surface area contributed by atoms with Crippen LogP contribution >= 0.6 is 0 Å². The summed E-state index contributed by atoms with van der Waals surface area (Å²) in [4.78, 5) is 23.3. The summed E-state index contributed by atoms with van der Waals surface area (Å²) in [6.07, 6.45) is 0. The highest BCUT2D eigenvalue weighted by molar-refractivity contribution is 7.89. The number of esters is 1. The summed E-state index contributed by atoms with van der Waals surface area (Å²) in [6.45, 7) is 8.72. The van der Waals surface area contributed by atoms with Crippen molar-refractivity contribution in [1.82, 2.24) is 4.72 Å². The number of para-hydroxylation sites is 1. The van der Waals surface area contributed by atoms with Gasteiger partial charge in [-0.25, -0.2) is 8.42 Å². The maximum atomic E-state index is 13.0. The van der Waals surface area contributed by atoms with E-state index in [1.165, 1.54) is 18.2 Å². The first kappa shape index (κ1) is 28.8. The third-order valence-electron chi connectivity index (χ3n) is 5.54. The average Bonchev–Trinajstić information content (AvgIpc) is 2.85. The van der Waals surface area contributed by atoms with E-state index >= 15 is 0 Å². The second kappa shape index (κ2) is 11.7. The summed E-state index contributed by atoms with van der Waals surface area (Å²) in [5.41, 5.74) is 1.34. The number of nitrogens with zero attached hydrogens (tertiary/aromatic N) is 1. The van der Waals surface area contributed by atoms with Gasteiger partial charge >= 0.3 is 5.97 Å². The molecule has 1 N–H and O–H groups in total. The highest BCUT2D eigenvalue weighted by Crippen LogP contribution is 2.26. The third-order valence-corrected chi connectivity index (χ3v) is 7.00. The molecule has 0 spiro atoms. The van der Waals surface area contributed by atoms with E-state index in [1.807, 2.05) is 12.1 Å². The van der Waals surface area contributed by atoms with E-state index < -0.39 is 32.6 Å². The molecule has 0 unspecified atom stereocenters. The fourth-order valence-corrected chi connectivity index (χ4v) is 4.93. The van der Waals surface area contributed by atoms with E-state index in [-0.39, 0.29) is 23.1 Å². The molecule has 3 rings (SSSR count). The van der Waals surface area contributed by atoms with E-state index in [2.05, 4.69) is 4.72 Å². The molecule has 0 aliphatic carbocycles. The van der Waals surface area contributed by atoms with Gasteiger partial charge in [0, 0.05) is 6.07 Å². The van der Waals surface area contributed by atoms with Gasteiger partial charge in [-0.15, -0.1) is 0 Å². The molecule has 0 aliphatic rings. The Morgan fingerprint density at radius 3 is 2.03 bits per heavy atom. The highest BCUT2D eigenvalue weighted by atomic mass is 32.2. The zero-order valence-electron chi connectivity index (χ0n) is 22.0. The molecule has 1 atom stereocenters. The first-order valence-electron chi connectivity index (χ1n) is 12.1. The summed E-state index contributed by atoms with van der Waals surface area (Å²) in [6, 6.07) is 18.8. The van der Waals surface area contributed by atoms with Crippen LogP contribution in [0.4, 0.5) is 5.69 Å². The SMILES string of the molecule is CC(C)[C@@H](NS(=O)(=O)c1ccc(-c2ccc(OCc3ccccc3[N+](=O)[O-])cc2)cc1)C(=O)OC(C)(C)C. The maximum absolute atomic E-state index is 13.0. The van der Waals surface area contributed by atoms with Crippen LogP contribution in [-0.4, -0.2) is 31.0 Å². The van der Waals surface area contributed by atoms with Gasteiger partial charge in [-0.1, -0.05) is 50.2 Å². The molecule has 0 heterocycles. The van der Waals surface area contributed by atoms with Crippen LogP contribution in [0.3, 0.4) is 0 Å². The van der Waals surface area contributed by atoms with Crippen LogP contribution in [0.15, 0.2) is 77.7 Å². The first-order valence-corrected chi connectivity index (χ1v) is 13.6. The van der Waals surface area contributed by atoms with Gasteiger partial charge in [-0.3, -0.25) is 14.9 Å². The van der Waals surface area contributed by atoms with Crippen LogP contribution in [-0.2, 0) is 26.2 Å². The van der Waals surface area contributed by atoms with Gasteiger partial charge in [-0.2, -0.15) is 4.72 Å². The van der Waals surface area contributed by atoms with Gasteiger partial charge < -0.3 is 9.47 Å². The van der Waals surface area contributed by atoms with Crippen LogP contribution in [0.1, 0.15) is 40.2 Å². The minimum absolute atomic E-state index is 0.000499. The monoisotopic (exact) mass is 540 g/mol. The molecule has 202 valence electrons. The Bertz CT molecular complexity index is 1380. The van der Waals surface area contributed by atoms with Gasteiger partial charge in [0.1, 0.15) is 24.0 Å². The van der Waals surface area contributed by atoms with Gasteiger partial charge in [0.05, 0.1) is 15.4 Å².